The quantitative estimate of drug-likeness (QED) is 0.602. The summed E-state index contributed by atoms with van der Waals surface area (Å²) in [6.45, 7) is 0.130. The van der Waals surface area contributed by atoms with Crippen LogP contribution in [0.5, 0.6) is 5.75 Å². The molecule has 0 aromatic heterocycles. The molecule has 0 saturated heterocycles. The normalized spacial score (nSPS) is 19.5. The van der Waals surface area contributed by atoms with E-state index in [2.05, 4.69) is 0 Å². The molecule has 1 heterocycles. The number of para-hydroxylation sites is 1. The topological polar surface area (TPSA) is 46.5 Å². The molecule has 15 heavy (non-hydrogen) atoms. The summed E-state index contributed by atoms with van der Waals surface area (Å²) in [4.78, 5) is 11.6. The number of rotatable bonds is 3. The molecular formula is C12H14O3. The van der Waals surface area contributed by atoms with Gasteiger partial charge in [0, 0.05) is 6.61 Å². The van der Waals surface area contributed by atoms with Crippen LogP contribution in [0.25, 0.3) is 0 Å². The Morgan fingerprint density at radius 2 is 2.20 bits per heavy atom. The number of benzene rings is 1. The van der Waals surface area contributed by atoms with E-state index in [4.69, 9.17) is 9.84 Å². The maximum absolute atomic E-state index is 11.6. The van der Waals surface area contributed by atoms with Crippen LogP contribution in [0.15, 0.2) is 24.3 Å². The summed E-state index contributed by atoms with van der Waals surface area (Å²) in [6, 6.07) is 7.60. The molecule has 3 nitrogen and oxygen atoms in total. The zero-order valence-corrected chi connectivity index (χ0v) is 8.48. The Labute approximate surface area is 88.7 Å². The fourth-order valence-corrected chi connectivity index (χ4v) is 1.87. The molecule has 0 spiro atoms. The molecule has 1 N–H and O–H groups in total. The van der Waals surface area contributed by atoms with Crippen molar-refractivity contribution in [3.63, 3.8) is 0 Å². The molecule has 0 fully saturated rings. The maximum Gasteiger partial charge on any atom is 0.314 e. The van der Waals surface area contributed by atoms with Crippen LogP contribution in [-0.4, -0.2) is 17.7 Å². The number of hydrogen-bond acceptors (Lipinski definition) is 3. The largest absolute Gasteiger partial charge is 0.426 e. The van der Waals surface area contributed by atoms with E-state index < -0.39 is 0 Å². The van der Waals surface area contributed by atoms with Crippen molar-refractivity contribution in [1.29, 1.82) is 0 Å². The van der Waals surface area contributed by atoms with Crippen molar-refractivity contribution in [3.8, 4) is 5.75 Å². The molecule has 0 bridgehead atoms. The van der Waals surface area contributed by atoms with Crippen molar-refractivity contribution in [2.24, 2.45) is 5.92 Å². The van der Waals surface area contributed by atoms with E-state index in [1.165, 1.54) is 0 Å². The highest BCUT2D eigenvalue weighted by atomic mass is 16.5. The lowest BCUT2D eigenvalue weighted by molar-refractivity contribution is -0.140. The predicted octanol–water partition coefficient (Wildman–Crippen LogP) is 1.54. The van der Waals surface area contributed by atoms with Gasteiger partial charge >= 0.3 is 5.97 Å². The average molecular weight is 206 g/mol. The summed E-state index contributed by atoms with van der Waals surface area (Å²) in [5, 5.41) is 8.73. The number of fused-ring (bicyclic) bond motifs is 1. The molecule has 3 heteroatoms. The van der Waals surface area contributed by atoms with Gasteiger partial charge in [-0.1, -0.05) is 18.2 Å². The molecule has 1 aromatic rings. The molecule has 0 amide bonds. The number of aliphatic hydroxyl groups is 1. The first-order valence-corrected chi connectivity index (χ1v) is 5.21. The van der Waals surface area contributed by atoms with E-state index in [1.54, 1.807) is 0 Å². The third-order valence-corrected chi connectivity index (χ3v) is 2.69. The van der Waals surface area contributed by atoms with Crippen LogP contribution in [0, 0.1) is 5.92 Å². The van der Waals surface area contributed by atoms with Gasteiger partial charge in [-0.15, -0.1) is 0 Å². The van der Waals surface area contributed by atoms with Gasteiger partial charge in [0.05, 0.1) is 5.92 Å². The van der Waals surface area contributed by atoms with E-state index >= 15 is 0 Å². The zero-order chi connectivity index (χ0) is 10.7. The molecule has 0 radical (unpaired) electrons. The summed E-state index contributed by atoms with van der Waals surface area (Å²) in [5.41, 5.74) is 1.08. The minimum Gasteiger partial charge on any atom is -0.426 e. The maximum atomic E-state index is 11.6. The zero-order valence-electron chi connectivity index (χ0n) is 8.48. The second kappa shape index (κ2) is 4.45. The Morgan fingerprint density at radius 3 is 3.00 bits per heavy atom. The van der Waals surface area contributed by atoms with Gasteiger partial charge in [0.1, 0.15) is 5.75 Å². The Kier molecular flexibility index (Phi) is 3.02. The molecule has 0 aliphatic carbocycles. The minimum atomic E-state index is -0.165. The third kappa shape index (κ3) is 2.18. The summed E-state index contributed by atoms with van der Waals surface area (Å²) in [5.74, 6) is 0.428. The van der Waals surface area contributed by atoms with E-state index in [9.17, 15) is 4.79 Å². The Morgan fingerprint density at radius 1 is 1.40 bits per heavy atom. The van der Waals surface area contributed by atoms with Gasteiger partial charge in [-0.3, -0.25) is 4.79 Å². The fraction of sp³-hybridized carbons (Fsp3) is 0.417. The van der Waals surface area contributed by atoms with E-state index in [0.29, 0.717) is 18.6 Å². The van der Waals surface area contributed by atoms with E-state index in [1.807, 2.05) is 24.3 Å². The number of carbonyl (C=O) groups is 1. The van der Waals surface area contributed by atoms with Gasteiger partial charge in [-0.25, -0.2) is 0 Å². The standard InChI is InChI=1S/C12H14O3/c13-7-3-5-10-8-9-4-1-2-6-11(9)15-12(10)14/h1-2,4,6,10,13H,3,5,7-8H2. The molecular weight excluding hydrogens is 192 g/mol. The van der Waals surface area contributed by atoms with Crippen LogP contribution in [-0.2, 0) is 11.2 Å². The molecule has 1 atom stereocenters. The lowest BCUT2D eigenvalue weighted by Gasteiger charge is -2.22. The number of esters is 1. The van der Waals surface area contributed by atoms with Gasteiger partial charge in [0.2, 0.25) is 0 Å². The van der Waals surface area contributed by atoms with Gasteiger partial charge in [-0.05, 0) is 30.9 Å². The summed E-state index contributed by atoms with van der Waals surface area (Å²) in [6.07, 6.45) is 2.08. The van der Waals surface area contributed by atoms with Gasteiger partial charge in [0.15, 0.2) is 0 Å². The van der Waals surface area contributed by atoms with Crippen LogP contribution in [0.2, 0.25) is 0 Å². The molecule has 1 unspecified atom stereocenters. The summed E-state index contributed by atoms with van der Waals surface area (Å²) in [7, 11) is 0. The van der Waals surface area contributed by atoms with Crippen molar-refractivity contribution in [1.82, 2.24) is 0 Å². The lowest BCUT2D eigenvalue weighted by atomic mass is 9.92. The predicted molar refractivity (Wildman–Crippen MR) is 55.6 cm³/mol. The first-order chi connectivity index (χ1) is 7.31. The van der Waals surface area contributed by atoms with E-state index in [0.717, 1.165) is 12.0 Å². The lowest BCUT2D eigenvalue weighted by Crippen LogP contribution is -2.27. The molecule has 1 aliphatic rings. The first kappa shape index (κ1) is 10.2. The molecule has 2 rings (SSSR count). The summed E-state index contributed by atoms with van der Waals surface area (Å²) >= 11 is 0. The Bertz CT molecular complexity index is 360. The Balaban J connectivity index is 2.11. The van der Waals surface area contributed by atoms with Crippen molar-refractivity contribution < 1.29 is 14.6 Å². The van der Waals surface area contributed by atoms with Gasteiger partial charge in [0.25, 0.3) is 0 Å². The fourth-order valence-electron chi connectivity index (χ4n) is 1.87. The minimum absolute atomic E-state index is 0.0907. The number of hydrogen-bond donors (Lipinski definition) is 1. The van der Waals surface area contributed by atoms with Gasteiger partial charge < -0.3 is 9.84 Å². The number of carbonyl (C=O) groups excluding carboxylic acids is 1. The van der Waals surface area contributed by atoms with Crippen LogP contribution in [0.4, 0.5) is 0 Å². The average Bonchev–Trinajstić information content (AvgIpc) is 2.26. The number of ether oxygens (including phenoxy) is 1. The highest BCUT2D eigenvalue weighted by Crippen LogP contribution is 2.29. The third-order valence-electron chi connectivity index (χ3n) is 2.69. The van der Waals surface area contributed by atoms with Crippen LogP contribution in [0.1, 0.15) is 18.4 Å². The smallest absolute Gasteiger partial charge is 0.314 e. The first-order valence-electron chi connectivity index (χ1n) is 5.21. The SMILES string of the molecule is O=C1Oc2ccccc2CC1CCCO. The molecule has 80 valence electrons. The van der Waals surface area contributed by atoms with E-state index in [-0.39, 0.29) is 18.5 Å². The van der Waals surface area contributed by atoms with Crippen molar-refractivity contribution >= 4 is 5.97 Å². The monoisotopic (exact) mass is 206 g/mol. The second-order valence-electron chi connectivity index (χ2n) is 3.80. The highest BCUT2D eigenvalue weighted by molar-refractivity contribution is 5.77. The van der Waals surface area contributed by atoms with Crippen LogP contribution < -0.4 is 4.74 Å². The highest BCUT2D eigenvalue weighted by Gasteiger charge is 2.27. The van der Waals surface area contributed by atoms with Crippen LogP contribution >= 0.6 is 0 Å². The van der Waals surface area contributed by atoms with Crippen molar-refractivity contribution in [2.75, 3.05) is 6.61 Å². The molecule has 1 aromatic carbocycles. The summed E-state index contributed by atoms with van der Waals surface area (Å²) < 4.78 is 5.22. The second-order valence-corrected chi connectivity index (χ2v) is 3.80. The molecule has 0 saturated carbocycles. The van der Waals surface area contributed by atoms with Crippen molar-refractivity contribution in [2.45, 2.75) is 19.3 Å². The van der Waals surface area contributed by atoms with Crippen LogP contribution in [0.3, 0.4) is 0 Å². The molecule has 1 aliphatic heterocycles. The Hall–Kier alpha value is -1.35. The van der Waals surface area contributed by atoms with Gasteiger partial charge in [-0.2, -0.15) is 0 Å². The number of aliphatic hydroxyl groups excluding tert-OH is 1. The van der Waals surface area contributed by atoms with Crippen molar-refractivity contribution in [3.05, 3.63) is 29.8 Å².